The Bertz CT molecular complexity index is 972. The number of furan rings is 1. The third-order valence-corrected chi connectivity index (χ3v) is 6.53. The van der Waals surface area contributed by atoms with E-state index < -0.39 is 0 Å². The number of aromatic nitrogens is 1. The van der Waals surface area contributed by atoms with Crippen molar-refractivity contribution in [2.75, 3.05) is 0 Å². The lowest BCUT2D eigenvalue weighted by Crippen LogP contribution is -2.22. The number of aryl methyl sites for hydroxylation is 1. The quantitative estimate of drug-likeness (QED) is 0.691. The van der Waals surface area contributed by atoms with Crippen LogP contribution >= 0.6 is 0 Å². The third-order valence-electron chi connectivity index (χ3n) is 6.53. The zero-order valence-corrected chi connectivity index (χ0v) is 13.5. The number of fused-ring (bicyclic) bond motifs is 2. The topological polar surface area (TPSA) is 58.5 Å². The highest BCUT2D eigenvalue weighted by molar-refractivity contribution is 5.80. The van der Waals surface area contributed by atoms with Crippen LogP contribution in [0.1, 0.15) is 48.0 Å². The molecular formula is C20H19NO3. The van der Waals surface area contributed by atoms with Crippen LogP contribution in [-0.4, -0.2) is 14.8 Å². The molecule has 2 aromatic heterocycles. The first kappa shape index (κ1) is 13.0. The van der Waals surface area contributed by atoms with E-state index in [1.54, 1.807) is 4.57 Å². The Hall–Kier alpha value is -2.36. The van der Waals surface area contributed by atoms with E-state index in [4.69, 9.17) is 4.42 Å². The van der Waals surface area contributed by atoms with Gasteiger partial charge in [0.2, 0.25) is 11.8 Å². The molecule has 0 radical (unpaired) electrons. The van der Waals surface area contributed by atoms with E-state index >= 15 is 0 Å². The maximum atomic E-state index is 10.9. The van der Waals surface area contributed by atoms with Crippen LogP contribution in [0.25, 0.3) is 16.7 Å². The van der Waals surface area contributed by atoms with Crippen LogP contribution < -0.4 is 0 Å². The van der Waals surface area contributed by atoms with E-state index in [9.17, 15) is 10.2 Å². The Kier molecular flexibility index (Phi) is 2.16. The molecule has 2 heterocycles. The van der Waals surface area contributed by atoms with Crippen molar-refractivity contribution in [3.8, 4) is 17.4 Å². The van der Waals surface area contributed by atoms with Crippen LogP contribution in [0.4, 0.5) is 0 Å². The lowest BCUT2D eigenvalue weighted by Gasteiger charge is -2.35. The number of nitrogens with zero attached hydrogens (tertiary/aromatic N) is 1. The largest absolute Gasteiger partial charge is 0.494 e. The molecule has 4 aliphatic rings. The molecule has 4 aliphatic carbocycles. The van der Waals surface area contributed by atoms with Crippen molar-refractivity contribution in [2.45, 2.75) is 38.0 Å². The summed E-state index contributed by atoms with van der Waals surface area (Å²) in [6, 6.07) is 7.76. The summed E-state index contributed by atoms with van der Waals surface area (Å²) in [4.78, 5) is 0. The fourth-order valence-electron chi connectivity index (χ4n) is 5.53. The van der Waals surface area contributed by atoms with E-state index in [0.29, 0.717) is 11.8 Å². The summed E-state index contributed by atoms with van der Waals surface area (Å²) in [5, 5.41) is 22.8. The van der Waals surface area contributed by atoms with E-state index in [0.717, 1.165) is 58.2 Å². The molecule has 0 spiro atoms. The number of aromatic hydroxyl groups is 2. The molecule has 1 aromatic carbocycles. The summed E-state index contributed by atoms with van der Waals surface area (Å²) >= 11 is 0. The molecule has 2 bridgehead atoms. The zero-order valence-electron chi connectivity index (χ0n) is 13.5. The van der Waals surface area contributed by atoms with E-state index in [1.807, 2.05) is 31.2 Å². The standard InChI is InChI=1S/C20H19NO3/c1-9-6-10-7-11(2-5-16(10)24-9)21-19(22)17-12-3-4-13(15-8-14(12)15)18(17)20(21)23/h2,5-7,12-15,22-23H,3-4,8H2,1H3/t12-,13+,14+,15-. The van der Waals surface area contributed by atoms with Gasteiger partial charge in [-0.15, -0.1) is 0 Å². The number of rotatable bonds is 1. The smallest absolute Gasteiger partial charge is 0.202 e. The van der Waals surface area contributed by atoms with Crippen LogP contribution in [0.15, 0.2) is 28.7 Å². The fraction of sp³-hybridized carbons (Fsp3) is 0.400. The second-order valence-corrected chi connectivity index (χ2v) is 7.74. The molecule has 0 saturated heterocycles. The summed E-state index contributed by atoms with van der Waals surface area (Å²) in [6.07, 6.45) is 3.56. The van der Waals surface area contributed by atoms with E-state index in [1.165, 1.54) is 6.42 Å². The normalized spacial score (nSPS) is 29.7. The van der Waals surface area contributed by atoms with Gasteiger partial charge in [0.25, 0.3) is 0 Å². The van der Waals surface area contributed by atoms with Gasteiger partial charge in [0, 0.05) is 16.5 Å². The van der Waals surface area contributed by atoms with Crippen molar-refractivity contribution in [1.29, 1.82) is 0 Å². The number of hydrogen-bond donors (Lipinski definition) is 2. The van der Waals surface area contributed by atoms with Gasteiger partial charge in [0.15, 0.2) is 0 Å². The summed E-state index contributed by atoms with van der Waals surface area (Å²) < 4.78 is 7.26. The van der Waals surface area contributed by atoms with Gasteiger partial charge in [-0.25, -0.2) is 0 Å². The van der Waals surface area contributed by atoms with Crippen LogP contribution in [0, 0.1) is 18.8 Å². The minimum atomic E-state index is 0.238. The fourth-order valence-corrected chi connectivity index (χ4v) is 5.53. The molecule has 0 amide bonds. The van der Waals surface area contributed by atoms with Crippen molar-refractivity contribution in [3.05, 3.63) is 41.2 Å². The second-order valence-electron chi connectivity index (χ2n) is 7.74. The van der Waals surface area contributed by atoms with Crippen molar-refractivity contribution >= 4 is 11.0 Å². The Morgan fingerprint density at radius 3 is 2.33 bits per heavy atom. The molecule has 3 aromatic rings. The molecule has 24 heavy (non-hydrogen) atoms. The second kappa shape index (κ2) is 4.00. The highest BCUT2D eigenvalue weighted by atomic mass is 16.3. The van der Waals surface area contributed by atoms with Crippen molar-refractivity contribution in [1.82, 2.24) is 4.57 Å². The molecule has 4 atom stereocenters. The predicted octanol–water partition coefficient (Wildman–Crippen LogP) is 4.55. The first-order valence-electron chi connectivity index (χ1n) is 8.80. The van der Waals surface area contributed by atoms with Crippen LogP contribution in [0.3, 0.4) is 0 Å². The van der Waals surface area contributed by atoms with Gasteiger partial charge in [-0.3, -0.25) is 4.57 Å². The molecule has 0 aliphatic heterocycles. The Morgan fingerprint density at radius 1 is 1.00 bits per heavy atom. The van der Waals surface area contributed by atoms with Crippen molar-refractivity contribution < 1.29 is 14.6 Å². The van der Waals surface area contributed by atoms with Gasteiger partial charge in [-0.05, 0) is 74.1 Å². The first-order valence-corrected chi connectivity index (χ1v) is 8.80. The molecule has 7 rings (SSSR count). The summed E-state index contributed by atoms with van der Waals surface area (Å²) in [7, 11) is 0. The lowest BCUT2D eigenvalue weighted by molar-refractivity contribution is 0.322. The van der Waals surface area contributed by atoms with Gasteiger partial charge in [0.05, 0.1) is 5.69 Å². The maximum Gasteiger partial charge on any atom is 0.202 e. The highest BCUT2D eigenvalue weighted by Gasteiger charge is 2.58. The van der Waals surface area contributed by atoms with E-state index in [-0.39, 0.29) is 11.8 Å². The van der Waals surface area contributed by atoms with Crippen LogP contribution in [-0.2, 0) is 0 Å². The minimum absolute atomic E-state index is 0.238. The first-order chi connectivity index (χ1) is 11.6. The average Bonchev–Trinajstić information content (AvgIpc) is 3.25. The number of hydrogen-bond acceptors (Lipinski definition) is 3. The SMILES string of the molecule is Cc1cc2cc(-n3c(O)c4c(c3O)[C@@H]3CC[C@H]4[C@H]4C[C@H]43)ccc2o1. The maximum absolute atomic E-state index is 10.9. The summed E-state index contributed by atoms with van der Waals surface area (Å²) in [5.41, 5.74) is 3.66. The minimum Gasteiger partial charge on any atom is -0.494 e. The molecular weight excluding hydrogens is 302 g/mol. The Morgan fingerprint density at radius 2 is 1.67 bits per heavy atom. The zero-order chi connectivity index (χ0) is 16.2. The molecule has 2 N–H and O–H groups in total. The third kappa shape index (κ3) is 1.41. The molecule has 2 saturated carbocycles. The van der Waals surface area contributed by atoms with E-state index in [2.05, 4.69) is 0 Å². The van der Waals surface area contributed by atoms with Gasteiger partial charge in [-0.2, -0.15) is 0 Å². The summed E-state index contributed by atoms with van der Waals surface area (Å²) in [6.45, 7) is 1.92. The van der Waals surface area contributed by atoms with Crippen molar-refractivity contribution in [3.63, 3.8) is 0 Å². The molecule has 0 unspecified atom stereocenters. The average molecular weight is 321 g/mol. The molecule has 2 fully saturated rings. The highest BCUT2D eigenvalue weighted by Crippen LogP contribution is 2.70. The molecule has 4 nitrogen and oxygen atoms in total. The molecule has 4 heteroatoms. The Labute approximate surface area is 139 Å². The predicted molar refractivity (Wildman–Crippen MR) is 89.9 cm³/mol. The van der Waals surface area contributed by atoms with Gasteiger partial charge >= 0.3 is 0 Å². The molecule has 122 valence electrons. The van der Waals surface area contributed by atoms with Gasteiger partial charge < -0.3 is 14.6 Å². The Balaban J connectivity index is 1.59. The van der Waals surface area contributed by atoms with Crippen LogP contribution in [0.5, 0.6) is 11.8 Å². The monoisotopic (exact) mass is 321 g/mol. The van der Waals surface area contributed by atoms with Gasteiger partial charge in [-0.1, -0.05) is 0 Å². The summed E-state index contributed by atoms with van der Waals surface area (Å²) in [5.74, 6) is 3.67. The lowest BCUT2D eigenvalue weighted by atomic mass is 9.68. The number of benzene rings is 1. The van der Waals surface area contributed by atoms with Crippen LogP contribution in [0.2, 0.25) is 0 Å². The van der Waals surface area contributed by atoms with Crippen molar-refractivity contribution in [2.24, 2.45) is 11.8 Å². The van der Waals surface area contributed by atoms with Gasteiger partial charge in [0.1, 0.15) is 11.3 Å².